The third-order valence-electron chi connectivity index (χ3n) is 1.42. The van der Waals surface area contributed by atoms with E-state index in [0.29, 0.717) is 21.1 Å². The number of hydrogen-bond acceptors (Lipinski definition) is 1. The van der Waals surface area contributed by atoms with Crippen LogP contribution in [0.3, 0.4) is 0 Å². The van der Waals surface area contributed by atoms with Gasteiger partial charge in [0.05, 0.1) is 16.4 Å². The van der Waals surface area contributed by atoms with Crippen molar-refractivity contribution in [3.8, 4) is 0 Å². The van der Waals surface area contributed by atoms with Crippen molar-refractivity contribution in [1.29, 1.82) is 0 Å². The van der Waals surface area contributed by atoms with E-state index in [1.807, 2.05) is 0 Å². The van der Waals surface area contributed by atoms with E-state index in [2.05, 4.69) is 5.10 Å². The number of nitrogens with zero attached hydrogens (tertiary/aromatic N) is 2. The van der Waals surface area contributed by atoms with E-state index in [4.69, 9.17) is 11.6 Å². The van der Waals surface area contributed by atoms with Gasteiger partial charge in [0.1, 0.15) is 0 Å². The molecular formula is C6H7ClF2N2. The molecule has 0 saturated carbocycles. The standard InChI is InChI=1S/C6H7ClF2N2/c1-3-5(7)4(2)11(10-3)6(8)9/h6H,1-2H3. The maximum Gasteiger partial charge on any atom is 0.333 e. The minimum Gasteiger partial charge on any atom is -0.207 e. The molecule has 0 bridgehead atoms. The summed E-state index contributed by atoms with van der Waals surface area (Å²) in [5.74, 6) is 0. The summed E-state index contributed by atoms with van der Waals surface area (Å²) in [7, 11) is 0. The summed E-state index contributed by atoms with van der Waals surface area (Å²) in [5.41, 5.74) is 0.739. The molecule has 2 nitrogen and oxygen atoms in total. The van der Waals surface area contributed by atoms with Crippen molar-refractivity contribution in [3.63, 3.8) is 0 Å². The fraction of sp³-hybridized carbons (Fsp3) is 0.500. The largest absolute Gasteiger partial charge is 0.333 e. The van der Waals surface area contributed by atoms with Crippen LogP contribution in [0.2, 0.25) is 5.02 Å². The lowest BCUT2D eigenvalue weighted by atomic mass is 10.4. The molecule has 1 rings (SSSR count). The molecule has 0 aromatic carbocycles. The van der Waals surface area contributed by atoms with Gasteiger partial charge in [0.2, 0.25) is 0 Å². The lowest BCUT2D eigenvalue weighted by molar-refractivity contribution is 0.0541. The molecule has 0 spiro atoms. The Morgan fingerprint density at radius 1 is 1.45 bits per heavy atom. The Labute approximate surface area is 67.8 Å². The minimum absolute atomic E-state index is 0.305. The molecular weight excluding hydrogens is 174 g/mol. The van der Waals surface area contributed by atoms with Crippen molar-refractivity contribution in [1.82, 2.24) is 9.78 Å². The van der Waals surface area contributed by atoms with Crippen molar-refractivity contribution in [2.75, 3.05) is 0 Å². The summed E-state index contributed by atoms with van der Waals surface area (Å²) in [4.78, 5) is 0. The highest BCUT2D eigenvalue weighted by Crippen LogP contribution is 2.22. The molecule has 1 aromatic rings. The average Bonchev–Trinajstić information content (AvgIpc) is 2.17. The van der Waals surface area contributed by atoms with Crippen molar-refractivity contribution in [3.05, 3.63) is 16.4 Å². The van der Waals surface area contributed by atoms with Crippen molar-refractivity contribution < 1.29 is 8.78 Å². The van der Waals surface area contributed by atoms with Gasteiger partial charge in [0.25, 0.3) is 0 Å². The molecule has 11 heavy (non-hydrogen) atoms. The van der Waals surface area contributed by atoms with Crippen molar-refractivity contribution in [2.45, 2.75) is 20.4 Å². The van der Waals surface area contributed by atoms with Gasteiger partial charge in [0, 0.05) is 0 Å². The highest BCUT2D eigenvalue weighted by Gasteiger charge is 2.14. The van der Waals surface area contributed by atoms with Crippen LogP contribution < -0.4 is 0 Å². The number of hydrogen-bond donors (Lipinski definition) is 0. The van der Waals surface area contributed by atoms with E-state index in [9.17, 15) is 8.78 Å². The topological polar surface area (TPSA) is 17.8 Å². The van der Waals surface area contributed by atoms with Crippen molar-refractivity contribution >= 4 is 11.6 Å². The molecule has 62 valence electrons. The first-order chi connectivity index (χ1) is 5.04. The van der Waals surface area contributed by atoms with Gasteiger partial charge in [0.15, 0.2) is 0 Å². The van der Waals surface area contributed by atoms with E-state index in [1.165, 1.54) is 6.92 Å². The molecule has 1 aromatic heterocycles. The second-order valence-corrected chi connectivity index (χ2v) is 2.58. The molecule has 0 saturated heterocycles. The molecule has 0 fully saturated rings. The first-order valence-corrected chi connectivity index (χ1v) is 3.41. The molecule has 0 atom stereocenters. The number of rotatable bonds is 1. The van der Waals surface area contributed by atoms with Gasteiger partial charge in [-0.05, 0) is 13.8 Å². The Morgan fingerprint density at radius 2 is 2.00 bits per heavy atom. The van der Waals surface area contributed by atoms with Gasteiger partial charge in [-0.15, -0.1) is 0 Å². The molecule has 1 heterocycles. The maximum absolute atomic E-state index is 12.1. The molecule has 0 aliphatic carbocycles. The number of aromatic nitrogens is 2. The Bertz CT molecular complexity index is 270. The monoisotopic (exact) mass is 180 g/mol. The van der Waals surface area contributed by atoms with Gasteiger partial charge in [-0.3, -0.25) is 0 Å². The Hall–Kier alpha value is -0.640. The number of alkyl halides is 2. The molecule has 0 radical (unpaired) electrons. The quantitative estimate of drug-likeness (QED) is 0.650. The molecule has 0 amide bonds. The molecule has 5 heteroatoms. The fourth-order valence-electron chi connectivity index (χ4n) is 0.833. The predicted molar refractivity (Wildman–Crippen MR) is 38.0 cm³/mol. The first-order valence-electron chi connectivity index (χ1n) is 3.03. The van der Waals surface area contributed by atoms with E-state index >= 15 is 0 Å². The highest BCUT2D eigenvalue weighted by molar-refractivity contribution is 6.31. The van der Waals surface area contributed by atoms with E-state index in [1.54, 1.807) is 6.92 Å². The zero-order valence-corrected chi connectivity index (χ0v) is 6.86. The molecule has 0 unspecified atom stereocenters. The molecule has 0 N–H and O–H groups in total. The summed E-state index contributed by atoms with van der Waals surface area (Å²) >= 11 is 5.63. The summed E-state index contributed by atoms with van der Waals surface area (Å²) in [6.45, 7) is 0.490. The Kier molecular flexibility index (Phi) is 2.13. The third-order valence-corrected chi connectivity index (χ3v) is 1.97. The normalized spacial score (nSPS) is 11.1. The lowest BCUT2D eigenvalue weighted by Gasteiger charge is -1.99. The summed E-state index contributed by atoms with van der Waals surface area (Å²) in [6.07, 6.45) is 0. The van der Waals surface area contributed by atoms with Gasteiger partial charge in [-0.25, -0.2) is 4.68 Å². The third kappa shape index (κ3) is 1.35. The second kappa shape index (κ2) is 2.77. The minimum atomic E-state index is -2.61. The number of halogens is 3. The average molecular weight is 181 g/mol. The molecule has 0 aliphatic rings. The highest BCUT2D eigenvalue weighted by atomic mass is 35.5. The van der Waals surface area contributed by atoms with Crippen molar-refractivity contribution in [2.24, 2.45) is 0 Å². The SMILES string of the molecule is Cc1nn(C(F)F)c(C)c1Cl. The maximum atomic E-state index is 12.1. The number of aryl methyl sites for hydroxylation is 1. The van der Waals surface area contributed by atoms with Crippen LogP contribution >= 0.6 is 11.6 Å². The van der Waals surface area contributed by atoms with Crippen LogP contribution in [0, 0.1) is 13.8 Å². The van der Waals surface area contributed by atoms with E-state index in [0.717, 1.165) is 0 Å². The zero-order chi connectivity index (χ0) is 8.59. The summed E-state index contributed by atoms with van der Waals surface area (Å²) in [5, 5.41) is 3.85. The van der Waals surface area contributed by atoms with Crippen LogP contribution in [-0.2, 0) is 0 Å². The Balaban J connectivity index is 3.19. The van der Waals surface area contributed by atoms with Gasteiger partial charge in [-0.2, -0.15) is 13.9 Å². The smallest absolute Gasteiger partial charge is 0.207 e. The second-order valence-electron chi connectivity index (χ2n) is 2.21. The fourth-order valence-corrected chi connectivity index (χ4v) is 0.957. The van der Waals surface area contributed by atoms with Crippen LogP contribution in [0.5, 0.6) is 0 Å². The van der Waals surface area contributed by atoms with Crippen LogP contribution in [-0.4, -0.2) is 9.78 Å². The van der Waals surface area contributed by atoms with Crippen LogP contribution in [0.1, 0.15) is 17.9 Å². The molecule has 0 aliphatic heterocycles. The van der Waals surface area contributed by atoms with Gasteiger partial charge in [-0.1, -0.05) is 11.6 Å². The Morgan fingerprint density at radius 3 is 2.18 bits per heavy atom. The van der Waals surface area contributed by atoms with Gasteiger partial charge < -0.3 is 0 Å². The van der Waals surface area contributed by atoms with Crippen LogP contribution in [0.4, 0.5) is 8.78 Å². The first kappa shape index (κ1) is 8.46. The lowest BCUT2D eigenvalue weighted by Crippen LogP contribution is -2.02. The van der Waals surface area contributed by atoms with E-state index < -0.39 is 6.55 Å². The predicted octanol–water partition coefficient (Wildman–Crippen LogP) is 2.55. The summed E-state index contributed by atoms with van der Waals surface area (Å²) < 4.78 is 24.7. The van der Waals surface area contributed by atoms with E-state index in [-0.39, 0.29) is 0 Å². The van der Waals surface area contributed by atoms with Crippen LogP contribution in [0.25, 0.3) is 0 Å². The van der Waals surface area contributed by atoms with Gasteiger partial charge >= 0.3 is 6.55 Å². The zero-order valence-electron chi connectivity index (χ0n) is 6.11. The van der Waals surface area contributed by atoms with Crippen LogP contribution in [0.15, 0.2) is 0 Å². The summed E-state index contributed by atoms with van der Waals surface area (Å²) in [6, 6.07) is 0.